The number of aliphatic hydroxyl groups is 1. The number of carbonyl (C=O) groups excluding carboxylic acids is 1. The number of ether oxygens (including phenoxy) is 1. The van der Waals surface area contributed by atoms with Crippen molar-refractivity contribution in [2.45, 2.75) is 51.4 Å². The van der Waals surface area contributed by atoms with E-state index in [1.54, 1.807) is 0 Å². The van der Waals surface area contributed by atoms with Crippen molar-refractivity contribution in [3.8, 4) is 0 Å². The van der Waals surface area contributed by atoms with Crippen LogP contribution >= 0.6 is 15.9 Å². The fourth-order valence-corrected chi connectivity index (χ4v) is 2.78. The highest BCUT2D eigenvalue weighted by Crippen LogP contribution is 2.32. The van der Waals surface area contributed by atoms with Gasteiger partial charge in [-0.25, -0.2) is 4.79 Å². The summed E-state index contributed by atoms with van der Waals surface area (Å²) >= 11 is 3.43. The van der Waals surface area contributed by atoms with E-state index in [1.807, 2.05) is 39.0 Å². The number of hydrogen-bond acceptors (Lipinski definition) is 3. The predicted octanol–water partition coefficient (Wildman–Crippen LogP) is 3.32. The number of carbonyl (C=O) groups is 1. The number of rotatable bonds is 1. The van der Waals surface area contributed by atoms with Crippen LogP contribution in [0.3, 0.4) is 0 Å². The topological polar surface area (TPSA) is 58.6 Å². The summed E-state index contributed by atoms with van der Waals surface area (Å²) in [6.45, 7) is 5.45. The van der Waals surface area contributed by atoms with Gasteiger partial charge in [0.15, 0.2) is 0 Å². The molecule has 0 saturated carbocycles. The van der Waals surface area contributed by atoms with E-state index in [4.69, 9.17) is 4.74 Å². The summed E-state index contributed by atoms with van der Waals surface area (Å²) in [5.41, 5.74) is 1.46. The molecule has 5 heteroatoms. The van der Waals surface area contributed by atoms with Crippen LogP contribution in [-0.2, 0) is 11.2 Å². The summed E-state index contributed by atoms with van der Waals surface area (Å²) in [5, 5.41) is 13.1. The van der Waals surface area contributed by atoms with Gasteiger partial charge in [0.2, 0.25) is 0 Å². The second-order valence-corrected chi connectivity index (χ2v) is 7.00. The second kappa shape index (κ2) is 5.74. The molecule has 0 aromatic heterocycles. The molecule has 1 amide bonds. The molecule has 0 heterocycles. The van der Waals surface area contributed by atoms with Crippen molar-refractivity contribution in [1.82, 2.24) is 5.32 Å². The third-order valence-electron chi connectivity index (χ3n) is 3.23. The van der Waals surface area contributed by atoms with Crippen LogP contribution < -0.4 is 5.32 Å². The van der Waals surface area contributed by atoms with Crippen molar-refractivity contribution in [3.05, 3.63) is 33.8 Å². The largest absolute Gasteiger partial charge is 0.444 e. The molecule has 0 aliphatic heterocycles. The van der Waals surface area contributed by atoms with Gasteiger partial charge in [-0.2, -0.15) is 0 Å². The predicted molar refractivity (Wildman–Crippen MR) is 80.6 cm³/mol. The quantitative estimate of drug-likeness (QED) is 0.823. The zero-order valence-electron chi connectivity index (χ0n) is 11.9. The van der Waals surface area contributed by atoms with Crippen molar-refractivity contribution in [3.63, 3.8) is 0 Å². The first-order valence-electron chi connectivity index (χ1n) is 6.72. The molecule has 4 nitrogen and oxygen atoms in total. The first-order valence-corrected chi connectivity index (χ1v) is 7.51. The minimum atomic E-state index is -0.695. The maximum absolute atomic E-state index is 11.8. The Labute approximate surface area is 127 Å². The number of aryl methyl sites for hydroxylation is 1. The molecule has 0 bridgehead atoms. The normalized spacial score (nSPS) is 22.1. The zero-order valence-corrected chi connectivity index (χ0v) is 13.5. The standard InChI is InChI=1S/C15H20BrNO3/c1-15(2,3)20-14(19)17-12-7-4-9-8-10(16)5-6-11(9)13(12)18/h5-6,8,12-13,18H,4,7H2,1-3H3,(H,17,19)/t12-,13-/m1/s1. The van der Waals surface area contributed by atoms with E-state index in [0.29, 0.717) is 6.42 Å². The van der Waals surface area contributed by atoms with E-state index in [-0.39, 0.29) is 6.04 Å². The number of alkyl carbamates (subject to hydrolysis) is 1. The number of benzene rings is 1. The Morgan fingerprint density at radius 1 is 1.45 bits per heavy atom. The van der Waals surface area contributed by atoms with Crippen LogP contribution in [0.1, 0.15) is 44.4 Å². The van der Waals surface area contributed by atoms with Gasteiger partial charge in [-0.05, 0) is 56.9 Å². The van der Waals surface area contributed by atoms with Crippen molar-refractivity contribution in [2.75, 3.05) is 0 Å². The van der Waals surface area contributed by atoms with Gasteiger partial charge in [0.05, 0.1) is 12.1 Å². The maximum Gasteiger partial charge on any atom is 0.407 e. The molecular weight excluding hydrogens is 322 g/mol. The smallest absolute Gasteiger partial charge is 0.407 e. The molecule has 1 aromatic rings. The number of fused-ring (bicyclic) bond motifs is 1. The SMILES string of the molecule is CC(C)(C)OC(=O)N[C@@H]1CCc2cc(Br)ccc2[C@H]1O. The average Bonchev–Trinajstić information content (AvgIpc) is 2.30. The molecule has 0 radical (unpaired) electrons. The molecule has 2 N–H and O–H groups in total. The van der Waals surface area contributed by atoms with E-state index in [9.17, 15) is 9.90 Å². The maximum atomic E-state index is 11.8. The number of aliphatic hydroxyl groups excluding tert-OH is 1. The number of halogens is 1. The molecule has 0 fully saturated rings. The summed E-state index contributed by atoms with van der Waals surface area (Å²) < 4.78 is 6.23. The minimum absolute atomic E-state index is 0.307. The van der Waals surface area contributed by atoms with E-state index in [0.717, 1.165) is 22.0 Å². The Morgan fingerprint density at radius 2 is 2.15 bits per heavy atom. The minimum Gasteiger partial charge on any atom is -0.444 e. The fourth-order valence-electron chi connectivity index (χ4n) is 2.38. The molecule has 2 rings (SSSR count). The molecule has 110 valence electrons. The Bertz CT molecular complexity index is 510. The molecule has 1 aliphatic carbocycles. The van der Waals surface area contributed by atoms with Gasteiger partial charge in [-0.1, -0.05) is 22.0 Å². The van der Waals surface area contributed by atoms with Crippen LogP contribution in [0, 0.1) is 0 Å². The van der Waals surface area contributed by atoms with Crippen LogP contribution in [0.25, 0.3) is 0 Å². The fraction of sp³-hybridized carbons (Fsp3) is 0.533. The van der Waals surface area contributed by atoms with E-state index in [1.165, 1.54) is 0 Å². The van der Waals surface area contributed by atoms with Crippen LogP contribution in [0.15, 0.2) is 22.7 Å². The summed E-state index contributed by atoms with van der Waals surface area (Å²) in [7, 11) is 0. The van der Waals surface area contributed by atoms with Crippen LogP contribution in [0.2, 0.25) is 0 Å². The monoisotopic (exact) mass is 341 g/mol. The van der Waals surface area contributed by atoms with E-state index < -0.39 is 17.8 Å². The van der Waals surface area contributed by atoms with Crippen LogP contribution in [0.4, 0.5) is 4.79 Å². The van der Waals surface area contributed by atoms with Gasteiger partial charge in [-0.15, -0.1) is 0 Å². The second-order valence-electron chi connectivity index (χ2n) is 6.08. The lowest BCUT2D eigenvalue weighted by molar-refractivity contribution is 0.0401. The van der Waals surface area contributed by atoms with Gasteiger partial charge in [0.1, 0.15) is 5.60 Å². The van der Waals surface area contributed by atoms with Crippen LogP contribution in [0.5, 0.6) is 0 Å². The first kappa shape index (κ1) is 15.3. The number of nitrogens with one attached hydrogen (secondary N) is 1. The Balaban J connectivity index is 2.06. The van der Waals surface area contributed by atoms with Gasteiger partial charge in [0.25, 0.3) is 0 Å². The van der Waals surface area contributed by atoms with Crippen LogP contribution in [-0.4, -0.2) is 22.8 Å². The lowest BCUT2D eigenvalue weighted by Gasteiger charge is -2.31. The molecule has 0 unspecified atom stereocenters. The number of amides is 1. The molecular formula is C15H20BrNO3. The summed E-state index contributed by atoms with van der Waals surface area (Å²) in [5.74, 6) is 0. The third kappa shape index (κ3) is 3.73. The van der Waals surface area contributed by atoms with E-state index >= 15 is 0 Å². The molecule has 20 heavy (non-hydrogen) atoms. The Morgan fingerprint density at radius 3 is 2.80 bits per heavy atom. The first-order chi connectivity index (χ1) is 9.26. The third-order valence-corrected chi connectivity index (χ3v) is 3.72. The lowest BCUT2D eigenvalue weighted by atomic mass is 9.86. The molecule has 0 saturated heterocycles. The van der Waals surface area contributed by atoms with E-state index in [2.05, 4.69) is 21.2 Å². The number of hydrogen-bond donors (Lipinski definition) is 2. The highest BCUT2D eigenvalue weighted by atomic mass is 79.9. The highest BCUT2D eigenvalue weighted by molar-refractivity contribution is 9.10. The molecule has 2 atom stereocenters. The van der Waals surface area contributed by atoms with Crippen molar-refractivity contribution in [1.29, 1.82) is 0 Å². The van der Waals surface area contributed by atoms with Gasteiger partial charge in [-0.3, -0.25) is 0 Å². The van der Waals surface area contributed by atoms with Crippen molar-refractivity contribution in [2.24, 2.45) is 0 Å². The summed E-state index contributed by atoms with van der Waals surface area (Å²) in [6, 6.07) is 5.51. The van der Waals surface area contributed by atoms with Gasteiger partial charge >= 0.3 is 6.09 Å². The highest BCUT2D eigenvalue weighted by Gasteiger charge is 2.30. The Kier molecular flexibility index (Phi) is 4.39. The van der Waals surface area contributed by atoms with Gasteiger partial charge < -0.3 is 15.2 Å². The zero-order chi connectivity index (χ0) is 14.9. The molecule has 1 aromatic carbocycles. The average molecular weight is 342 g/mol. The van der Waals surface area contributed by atoms with Crippen molar-refractivity contribution >= 4 is 22.0 Å². The summed E-state index contributed by atoms with van der Waals surface area (Å²) in [4.78, 5) is 11.8. The van der Waals surface area contributed by atoms with Crippen molar-refractivity contribution < 1.29 is 14.6 Å². The lowest BCUT2D eigenvalue weighted by Crippen LogP contribution is -2.44. The molecule has 1 aliphatic rings. The van der Waals surface area contributed by atoms with Gasteiger partial charge in [0, 0.05) is 4.47 Å². The Hall–Kier alpha value is -1.07. The summed E-state index contributed by atoms with van der Waals surface area (Å²) in [6.07, 6.45) is 0.345. The molecule has 0 spiro atoms.